The fourth-order valence-electron chi connectivity index (χ4n) is 6.95. The highest BCUT2D eigenvalue weighted by atomic mass is 28.3. The third-order valence-corrected chi connectivity index (χ3v) is 15.9. The predicted molar refractivity (Wildman–Crippen MR) is 179 cm³/mol. The van der Waals surface area contributed by atoms with E-state index >= 15 is 0 Å². The summed E-state index contributed by atoms with van der Waals surface area (Å²) in [6.45, 7) is 8.79. The Balaban J connectivity index is 1.16. The van der Waals surface area contributed by atoms with Crippen molar-refractivity contribution in [2.45, 2.75) is 108 Å². The van der Waals surface area contributed by atoms with Crippen molar-refractivity contribution in [1.82, 2.24) is 0 Å². The standard InChI is InChI=1S/C38H54O3Si/c1-38(2,3)42(34-21-13-9-14-22-34,35-23-15-10-16-24-35)30-33-27-32(33)28-37(40)36(39)25-17-6-4-5-7-18-26-41-29-31-19-11-8-12-20-31/h8-16,19-24,32-33,36-37,39-40H,4-7,17-18,25-30H2,1-3H3/t32-,33+,36+,37-/m0/s1. The van der Waals surface area contributed by atoms with Crippen LogP contribution < -0.4 is 10.4 Å². The summed E-state index contributed by atoms with van der Waals surface area (Å²) in [5.74, 6) is 1.13. The van der Waals surface area contributed by atoms with Crippen LogP contribution in [0, 0.1) is 11.8 Å². The Morgan fingerprint density at radius 2 is 1.21 bits per heavy atom. The summed E-state index contributed by atoms with van der Waals surface area (Å²) < 4.78 is 5.78. The number of aliphatic hydroxyl groups excluding tert-OH is 2. The van der Waals surface area contributed by atoms with Gasteiger partial charge < -0.3 is 14.9 Å². The third kappa shape index (κ3) is 9.13. The van der Waals surface area contributed by atoms with E-state index in [4.69, 9.17) is 4.74 Å². The lowest BCUT2D eigenvalue weighted by Crippen LogP contribution is -2.64. The summed E-state index contributed by atoms with van der Waals surface area (Å²) in [6.07, 6.45) is 8.17. The highest BCUT2D eigenvalue weighted by Gasteiger charge is 2.53. The molecular weight excluding hydrogens is 533 g/mol. The number of hydrogen-bond acceptors (Lipinski definition) is 3. The van der Waals surface area contributed by atoms with Crippen LogP contribution in [0.25, 0.3) is 0 Å². The van der Waals surface area contributed by atoms with E-state index < -0.39 is 20.3 Å². The minimum Gasteiger partial charge on any atom is -0.390 e. The van der Waals surface area contributed by atoms with E-state index in [0.717, 1.165) is 32.3 Å². The third-order valence-electron chi connectivity index (χ3n) is 9.59. The van der Waals surface area contributed by atoms with Gasteiger partial charge in [0, 0.05) is 6.61 Å². The Morgan fingerprint density at radius 1 is 0.690 bits per heavy atom. The molecule has 228 valence electrons. The zero-order valence-corrected chi connectivity index (χ0v) is 27.3. The van der Waals surface area contributed by atoms with Gasteiger partial charge in [-0.1, -0.05) is 154 Å². The van der Waals surface area contributed by atoms with E-state index in [1.165, 1.54) is 47.7 Å². The molecule has 3 nitrogen and oxygen atoms in total. The number of unbranched alkanes of at least 4 members (excludes halogenated alkanes) is 5. The van der Waals surface area contributed by atoms with Crippen LogP contribution in [-0.2, 0) is 11.3 Å². The molecule has 4 rings (SSSR count). The molecular formula is C38H54O3Si. The molecule has 0 aromatic heterocycles. The fourth-order valence-corrected chi connectivity index (χ4v) is 12.9. The predicted octanol–water partition coefficient (Wildman–Crippen LogP) is 7.75. The average Bonchev–Trinajstić information content (AvgIpc) is 3.74. The van der Waals surface area contributed by atoms with Crippen molar-refractivity contribution >= 4 is 18.4 Å². The number of aliphatic hydroxyl groups is 2. The van der Waals surface area contributed by atoms with Crippen LogP contribution in [0.5, 0.6) is 0 Å². The fraction of sp³-hybridized carbons (Fsp3) is 0.526. The normalized spacial score (nSPS) is 18.5. The number of ether oxygens (including phenoxy) is 1. The molecule has 0 saturated heterocycles. The molecule has 1 aliphatic rings. The van der Waals surface area contributed by atoms with Gasteiger partial charge in [0.1, 0.15) is 8.07 Å². The Bertz CT molecular complexity index is 1110. The van der Waals surface area contributed by atoms with Gasteiger partial charge in [-0.05, 0) is 54.2 Å². The molecule has 3 aromatic rings. The van der Waals surface area contributed by atoms with E-state index in [-0.39, 0.29) is 5.04 Å². The first-order valence-electron chi connectivity index (χ1n) is 16.4. The summed E-state index contributed by atoms with van der Waals surface area (Å²) in [5.41, 5.74) is 1.23. The largest absolute Gasteiger partial charge is 0.390 e. The highest BCUT2D eigenvalue weighted by Crippen LogP contribution is 2.51. The molecule has 1 aliphatic carbocycles. The van der Waals surface area contributed by atoms with E-state index in [0.29, 0.717) is 24.9 Å². The van der Waals surface area contributed by atoms with E-state index in [1.54, 1.807) is 0 Å². The van der Waals surface area contributed by atoms with Crippen molar-refractivity contribution in [3.8, 4) is 0 Å². The van der Waals surface area contributed by atoms with Gasteiger partial charge in [-0.25, -0.2) is 0 Å². The van der Waals surface area contributed by atoms with Gasteiger partial charge in [0.05, 0.1) is 18.8 Å². The number of benzene rings is 3. The second-order valence-electron chi connectivity index (χ2n) is 13.7. The molecule has 0 amide bonds. The maximum absolute atomic E-state index is 10.9. The Labute approximate surface area is 256 Å². The van der Waals surface area contributed by atoms with Crippen LogP contribution in [0.3, 0.4) is 0 Å². The van der Waals surface area contributed by atoms with Crippen molar-refractivity contribution in [1.29, 1.82) is 0 Å². The first-order valence-corrected chi connectivity index (χ1v) is 18.6. The second-order valence-corrected chi connectivity index (χ2v) is 18.5. The van der Waals surface area contributed by atoms with Gasteiger partial charge in [-0.2, -0.15) is 0 Å². The molecule has 0 spiro atoms. The van der Waals surface area contributed by atoms with Gasteiger partial charge in [0.25, 0.3) is 0 Å². The van der Waals surface area contributed by atoms with Crippen molar-refractivity contribution in [2.24, 2.45) is 11.8 Å². The summed E-state index contributed by atoms with van der Waals surface area (Å²) in [5, 5.41) is 24.8. The highest BCUT2D eigenvalue weighted by molar-refractivity contribution is 7.04. The van der Waals surface area contributed by atoms with Crippen molar-refractivity contribution in [2.75, 3.05) is 6.61 Å². The first kappa shape index (κ1) is 32.7. The van der Waals surface area contributed by atoms with Crippen LogP contribution in [0.15, 0.2) is 91.0 Å². The van der Waals surface area contributed by atoms with Gasteiger partial charge in [-0.15, -0.1) is 0 Å². The van der Waals surface area contributed by atoms with Crippen molar-refractivity contribution in [3.05, 3.63) is 96.6 Å². The topological polar surface area (TPSA) is 49.7 Å². The van der Waals surface area contributed by atoms with Crippen LogP contribution in [0.1, 0.15) is 84.1 Å². The van der Waals surface area contributed by atoms with Crippen LogP contribution in [0.2, 0.25) is 11.1 Å². The Morgan fingerprint density at radius 3 is 1.79 bits per heavy atom. The summed E-state index contributed by atoms with van der Waals surface area (Å²) in [4.78, 5) is 0. The Hall–Kier alpha value is -2.24. The van der Waals surface area contributed by atoms with Crippen LogP contribution in [-0.4, -0.2) is 37.1 Å². The van der Waals surface area contributed by atoms with Gasteiger partial charge >= 0.3 is 0 Å². The zero-order valence-electron chi connectivity index (χ0n) is 26.3. The maximum atomic E-state index is 10.9. The van der Waals surface area contributed by atoms with Gasteiger partial charge in [0.2, 0.25) is 0 Å². The molecule has 2 N–H and O–H groups in total. The maximum Gasteiger partial charge on any atom is 0.123 e. The van der Waals surface area contributed by atoms with Crippen LogP contribution >= 0.6 is 0 Å². The average molecular weight is 587 g/mol. The molecule has 0 heterocycles. The lowest BCUT2D eigenvalue weighted by atomic mass is 10.0. The number of rotatable bonds is 18. The summed E-state index contributed by atoms with van der Waals surface area (Å²) in [6, 6.07) is 33.9. The van der Waals surface area contributed by atoms with E-state index in [1.807, 2.05) is 6.07 Å². The van der Waals surface area contributed by atoms with Gasteiger partial charge in [-0.3, -0.25) is 0 Å². The minimum atomic E-state index is -2.08. The number of hydrogen-bond donors (Lipinski definition) is 2. The van der Waals surface area contributed by atoms with Crippen LogP contribution in [0.4, 0.5) is 0 Å². The molecule has 42 heavy (non-hydrogen) atoms. The minimum absolute atomic E-state index is 0.163. The monoisotopic (exact) mass is 586 g/mol. The Kier molecular flexibility index (Phi) is 12.4. The molecule has 0 radical (unpaired) electrons. The molecule has 0 bridgehead atoms. The summed E-state index contributed by atoms with van der Waals surface area (Å²) >= 11 is 0. The molecule has 1 saturated carbocycles. The zero-order chi connectivity index (χ0) is 29.8. The van der Waals surface area contributed by atoms with Gasteiger partial charge in [0.15, 0.2) is 0 Å². The van der Waals surface area contributed by atoms with Crippen molar-refractivity contribution < 1.29 is 14.9 Å². The molecule has 4 heteroatoms. The molecule has 3 aromatic carbocycles. The van der Waals surface area contributed by atoms with Crippen molar-refractivity contribution in [3.63, 3.8) is 0 Å². The molecule has 0 aliphatic heterocycles. The van der Waals surface area contributed by atoms with E-state index in [2.05, 4.69) is 106 Å². The molecule has 1 fully saturated rings. The smallest absolute Gasteiger partial charge is 0.123 e. The van der Waals surface area contributed by atoms with E-state index in [9.17, 15) is 10.2 Å². The SMILES string of the molecule is CC(C)(C)[Si](C[C@H]1C[C@H]1C[C@H](O)[C@H](O)CCCCCCCCOCc1ccccc1)(c1ccccc1)c1ccccc1. The summed E-state index contributed by atoms with van der Waals surface area (Å²) in [7, 11) is -2.08. The quantitative estimate of drug-likeness (QED) is 0.118. The first-order chi connectivity index (χ1) is 20.3. The molecule has 0 unspecified atom stereocenters. The second kappa shape index (κ2) is 16.0. The molecule has 4 atom stereocenters. The lowest BCUT2D eigenvalue weighted by molar-refractivity contribution is 0.00470. The lowest BCUT2D eigenvalue weighted by Gasteiger charge is -2.44.